The van der Waals surface area contributed by atoms with Gasteiger partial charge < -0.3 is 5.73 Å². The fourth-order valence-electron chi connectivity index (χ4n) is 0.803. The maximum absolute atomic E-state index is 12.1. The molecule has 6 heteroatoms. The molecule has 0 bridgehead atoms. The summed E-state index contributed by atoms with van der Waals surface area (Å²) in [5, 5.41) is 9.87. The van der Waals surface area contributed by atoms with Crippen LogP contribution in [0.5, 0.6) is 0 Å². The first kappa shape index (κ1) is 10.0. The van der Waals surface area contributed by atoms with Crippen molar-refractivity contribution in [3.63, 3.8) is 0 Å². The van der Waals surface area contributed by atoms with Gasteiger partial charge in [0.15, 0.2) is 0 Å². The van der Waals surface area contributed by atoms with Gasteiger partial charge >= 0.3 is 6.18 Å². The molecule has 0 aromatic carbocycles. The summed E-state index contributed by atoms with van der Waals surface area (Å²) in [5.74, 6) is 0. The first-order valence-corrected chi connectivity index (χ1v) is 4.14. The average molecular weight is 206 g/mol. The van der Waals surface area contributed by atoms with Gasteiger partial charge in [-0.2, -0.15) is 18.4 Å². The van der Waals surface area contributed by atoms with Gasteiger partial charge in [-0.25, -0.2) is 0 Å². The van der Waals surface area contributed by atoms with Crippen molar-refractivity contribution in [3.8, 4) is 6.07 Å². The van der Waals surface area contributed by atoms with E-state index in [1.54, 1.807) is 6.07 Å². The molecule has 2 nitrogen and oxygen atoms in total. The van der Waals surface area contributed by atoms with Crippen molar-refractivity contribution in [2.24, 2.45) is 5.73 Å². The zero-order valence-corrected chi connectivity index (χ0v) is 7.12. The van der Waals surface area contributed by atoms with Crippen LogP contribution in [0, 0.1) is 11.3 Å². The Kier molecular flexibility index (Phi) is 2.59. The van der Waals surface area contributed by atoms with Gasteiger partial charge in [0, 0.05) is 4.88 Å². The van der Waals surface area contributed by atoms with Crippen molar-refractivity contribution in [1.82, 2.24) is 0 Å². The number of halogens is 3. The SMILES string of the molecule is N#Cc1ccsc1[C@H](N)C(F)(F)F. The van der Waals surface area contributed by atoms with Crippen LogP contribution in [0.4, 0.5) is 13.2 Å². The molecule has 0 aliphatic rings. The average Bonchev–Trinajstić information content (AvgIpc) is 2.48. The molecule has 70 valence electrons. The maximum atomic E-state index is 12.1. The molecule has 1 rings (SSSR count). The van der Waals surface area contributed by atoms with E-state index in [0.717, 1.165) is 11.3 Å². The highest BCUT2D eigenvalue weighted by atomic mass is 32.1. The van der Waals surface area contributed by atoms with Crippen LogP contribution in [0.25, 0.3) is 0 Å². The predicted molar refractivity (Wildman–Crippen MR) is 42.0 cm³/mol. The molecule has 2 N–H and O–H groups in total. The van der Waals surface area contributed by atoms with Crippen molar-refractivity contribution in [2.75, 3.05) is 0 Å². The van der Waals surface area contributed by atoms with Gasteiger partial charge in [-0.3, -0.25) is 0 Å². The van der Waals surface area contributed by atoms with Crippen LogP contribution in [0.2, 0.25) is 0 Å². The standard InChI is InChI=1S/C7H5F3N2S/c8-7(9,10)6(12)5-4(3-11)1-2-13-5/h1-2,6H,12H2/t6-/m0/s1. The molecule has 1 aromatic heterocycles. The summed E-state index contributed by atoms with van der Waals surface area (Å²) in [6.45, 7) is 0. The fourth-order valence-corrected chi connectivity index (χ4v) is 1.67. The largest absolute Gasteiger partial charge is 0.408 e. The Morgan fingerprint density at radius 3 is 2.62 bits per heavy atom. The van der Waals surface area contributed by atoms with E-state index in [-0.39, 0.29) is 10.4 Å². The lowest BCUT2D eigenvalue weighted by Crippen LogP contribution is -2.28. The van der Waals surface area contributed by atoms with Gasteiger partial charge in [0.25, 0.3) is 0 Å². The third kappa shape index (κ3) is 1.99. The van der Waals surface area contributed by atoms with Gasteiger partial charge in [0.05, 0.1) is 5.56 Å². The topological polar surface area (TPSA) is 49.8 Å². The number of nitriles is 1. The van der Waals surface area contributed by atoms with Gasteiger partial charge in [0.1, 0.15) is 12.1 Å². The minimum Gasteiger partial charge on any atom is -0.316 e. The molecule has 0 unspecified atom stereocenters. The van der Waals surface area contributed by atoms with Crippen molar-refractivity contribution in [2.45, 2.75) is 12.2 Å². The summed E-state index contributed by atoms with van der Waals surface area (Å²) in [5.41, 5.74) is 4.92. The number of nitrogens with two attached hydrogens (primary N) is 1. The first-order valence-electron chi connectivity index (χ1n) is 3.26. The van der Waals surface area contributed by atoms with Crippen LogP contribution < -0.4 is 5.73 Å². The van der Waals surface area contributed by atoms with E-state index < -0.39 is 12.2 Å². The molecule has 1 atom stereocenters. The summed E-state index contributed by atoms with van der Waals surface area (Å²) >= 11 is 0.842. The second kappa shape index (κ2) is 3.36. The monoisotopic (exact) mass is 206 g/mol. The van der Waals surface area contributed by atoms with Crippen molar-refractivity contribution < 1.29 is 13.2 Å². The highest BCUT2D eigenvalue weighted by Crippen LogP contribution is 2.34. The normalized spacial score (nSPS) is 13.8. The lowest BCUT2D eigenvalue weighted by Gasteiger charge is -2.13. The highest BCUT2D eigenvalue weighted by Gasteiger charge is 2.39. The number of thiophene rings is 1. The lowest BCUT2D eigenvalue weighted by molar-refractivity contribution is -0.148. The summed E-state index contributed by atoms with van der Waals surface area (Å²) in [6, 6.07) is 0.930. The molecule has 13 heavy (non-hydrogen) atoms. The van der Waals surface area contributed by atoms with Crippen LogP contribution in [-0.4, -0.2) is 6.18 Å². The van der Waals surface area contributed by atoms with E-state index in [9.17, 15) is 13.2 Å². The third-order valence-corrected chi connectivity index (χ3v) is 2.45. The van der Waals surface area contributed by atoms with E-state index in [1.807, 2.05) is 0 Å². The van der Waals surface area contributed by atoms with Gasteiger partial charge in [-0.15, -0.1) is 11.3 Å². The van der Waals surface area contributed by atoms with Crippen molar-refractivity contribution >= 4 is 11.3 Å². The Morgan fingerprint density at radius 2 is 2.15 bits per heavy atom. The molecule has 0 fully saturated rings. The first-order chi connectivity index (χ1) is 5.96. The Hall–Kier alpha value is -1.06. The van der Waals surface area contributed by atoms with Crippen LogP contribution >= 0.6 is 11.3 Å². The Labute approximate surface area is 76.4 Å². The lowest BCUT2D eigenvalue weighted by atomic mass is 10.2. The van der Waals surface area contributed by atoms with E-state index in [4.69, 9.17) is 11.0 Å². The number of rotatable bonds is 1. The number of alkyl halides is 3. The molecular weight excluding hydrogens is 201 g/mol. The summed E-state index contributed by atoms with van der Waals surface area (Å²) in [6.07, 6.45) is -4.49. The zero-order valence-electron chi connectivity index (χ0n) is 6.30. The quantitative estimate of drug-likeness (QED) is 0.765. The van der Waals surface area contributed by atoms with E-state index in [2.05, 4.69) is 0 Å². The van der Waals surface area contributed by atoms with Crippen molar-refractivity contribution in [1.29, 1.82) is 5.26 Å². The molecule has 0 saturated heterocycles. The fraction of sp³-hybridized carbons (Fsp3) is 0.286. The molecule has 0 saturated carbocycles. The van der Waals surface area contributed by atoms with Crippen LogP contribution in [-0.2, 0) is 0 Å². The third-order valence-electron chi connectivity index (χ3n) is 1.45. The molecule has 0 aliphatic heterocycles. The number of hydrogen-bond acceptors (Lipinski definition) is 3. The molecule has 0 spiro atoms. The molecule has 0 radical (unpaired) electrons. The van der Waals surface area contributed by atoms with E-state index >= 15 is 0 Å². The Morgan fingerprint density at radius 1 is 1.54 bits per heavy atom. The molecule has 0 aliphatic carbocycles. The van der Waals surface area contributed by atoms with Crippen LogP contribution in [0.1, 0.15) is 16.5 Å². The van der Waals surface area contributed by atoms with E-state index in [1.165, 1.54) is 11.4 Å². The predicted octanol–water partition coefficient (Wildman–Crippen LogP) is 2.18. The number of nitrogens with zero attached hydrogens (tertiary/aromatic N) is 1. The molecular formula is C7H5F3N2S. The minimum absolute atomic E-state index is 0.00479. The van der Waals surface area contributed by atoms with Gasteiger partial charge in [0.2, 0.25) is 0 Å². The van der Waals surface area contributed by atoms with Crippen LogP contribution in [0.15, 0.2) is 11.4 Å². The Balaban J connectivity index is 3.03. The summed E-state index contributed by atoms with van der Waals surface area (Å²) < 4.78 is 36.3. The maximum Gasteiger partial charge on any atom is 0.408 e. The molecule has 1 heterocycles. The Bertz CT molecular complexity index is 336. The second-order valence-electron chi connectivity index (χ2n) is 2.33. The number of hydrogen-bond donors (Lipinski definition) is 1. The summed E-state index contributed by atoms with van der Waals surface area (Å²) in [4.78, 5) is -0.130. The molecule has 1 aromatic rings. The van der Waals surface area contributed by atoms with Gasteiger partial charge in [-0.1, -0.05) is 0 Å². The van der Waals surface area contributed by atoms with Crippen molar-refractivity contribution in [3.05, 3.63) is 21.9 Å². The smallest absolute Gasteiger partial charge is 0.316 e. The molecule has 0 amide bonds. The zero-order chi connectivity index (χ0) is 10.1. The van der Waals surface area contributed by atoms with E-state index in [0.29, 0.717) is 0 Å². The second-order valence-corrected chi connectivity index (χ2v) is 3.28. The summed E-state index contributed by atoms with van der Waals surface area (Å²) in [7, 11) is 0. The van der Waals surface area contributed by atoms with Crippen LogP contribution in [0.3, 0.4) is 0 Å². The highest BCUT2D eigenvalue weighted by molar-refractivity contribution is 7.10. The minimum atomic E-state index is -4.49. The van der Waals surface area contributed by atoms with Gasteiger partial charge in [-0.05, 0) is 11.4 Å².